The minimum absolute atomic E-state index is 0.0244. The van der Waals surface area contributed by atoms with Gasteiger partial charge in [-0.15, -0.1) is 0 Å². The van der Waals surface area contributed by atoms with Gasteiger partial charge in [-0.25, -0.2) is 0 Å². The molecule has 0 radical (unpaired) electrons. The molecule has 10 atom stereocenters. The van der Waals surface area contributed by atoms with Gasteiger partial charge < -0.3 is 15.2 Å². The minimum Gasteiger partial charge on any atom is -0.393 e. The van der Waals surface area contributed by atoms with Crippen molar-refractivity contribution in [2.24, 2.45) is 40.4 Å². The van der Waals surface area contributed by atoms with Crippen LogP contribution in [0.3, 0.4) is 0 Å². The van der Waals surface area contributed by atoms with Crippen molar-refractivity contribution >= 4 is 5.91 Å². The highest BCUT2D eigenvalue weighted by Crippen LogP contribution is 2.73. The highest BCUT2D eigenvalue weighted by atomic mass is 16.5. The Labute approximate surface area is 162 Å². The molecule has 1 amide bonds. The van der Waals surface area contributed by atoms with E-state index in [0.29, 0.717) is 35.5 Å². The van der Waals surface area contributed by atoms with Crippen molar-refractivity contribution in [3.05, 3.63) is 0 Å². The number of carbonyl (C=O) groups excluding carboxylic acids is 1. The summed E-state index contributed by atoms with van der Waals surface area (Å²) in [6.45, 7) is 5.05. The number of hydrogen-bond acceptors (Lipinski definition) is 3. The molecule has 2 bridgehead atoms. The van der Waals surface area contributed by atoms with Crippen molar-refractivity contribution in [2.75, 3.05) is 0 Å². The second kappa shape index (κ2) is 5.30. The van der Waals surface area contributed by atoms with Gasteiger partial charge in [-0.05, 0) is 86.9 Å². The summed E-state index contributed by atoms with van der Waals surface area (Å²) in [5.74, 6) is 3.28. The van der Waals surface area contributed by atoms with Gasteiger partial charge in [-0.3, -0.25) is 4.79 Å². The molecule has 6 fully saturated rings. The van der Waals surface area contributed by atoms with Crippen LogP contribution < -0.4 is 5.32 Å². The van der Waals surface area contributed by atoms with Crippen LogP contribution in [0.25, 0.3) is 0 Å². The average molecular weight is 374 g/mol. The lowest BCUT2D eigenvalue weighted by Crippen LogP contribution is -2.67. The Hall–Kier alpha value is -0.610. The fourth-order valence-corrected chi connectivity index (χ4v) is 9.52. The maximum Gasteiger partial charge on any atom is 0.222 e. The molecule has 4 nitrogen and oxygen atoms in total. The zero-order valence-corrected chi connectivity index (χ0v) is 16.9. The van der Waals surface area contributed by atoms with E-state index in [1.54, 1.807) is 0 Å². The van der Waals surface area contributed by atoms with E-state index in [9.17, 15) is 9.90 Å². The molecule has 4 saturated carbocycles. The predicted molar refractivity (Wildman–Crippen MR) is 102 cm³/mol. The summed E-state index contributed by atoms with van der Waals surface area (Å²) in [7, 11) is 0. The third-order valence-corrected chi connectivity index (χ3v) is 10.8. The lowest BCUT2D eigenvalue weighted by Gasteiger charge is -2.67. The molecule has 27 heavy (non-hydrogen) atoms. The molecule has 6 aliphatic rings. The molecule has 2 aliphatic heterocycles. The molecule has 150 valence electrons. The molecule has 0 spiro atoms. The van der Waals surface area contributed by atoms with Gasteiger partial charge >= 0.3 is 0 Å². The van der Waals surface area contributed by atoms with Crippen molar-refractivity contribution in [3.8, 4) is 0 Å². The van der Waals surface area contributed by atoms with Crippen molar-refractivity contribution in [3.63, 3.8) is 0 Å². The van der Waals surface area contributed by atoms with Crippen LogP contribution in [0.1, 0.15) is 78.1 Å². The molecule has 0 unspecified atom stereocenters. The van der Waals surface area contributed by atoms with Gasteiger partial charge in [0.05, 0.1) is 11.7 Å². The summed E-state index contributed by atoms with van der Waals surface area (Å²) in [6, 6.07) is 0. The Bertz CT molecular complexity index is 681. The molecule has 2 heterocycles. The number of amides is 1. The maximum absolute atomic E-state index is 12.1. The van der Waals surface area contributed by atoms with E-state index in [2.05, 4.69) is 19.2 Å². The number of aliphatic hydroxyl groups is 1. The van der Waals surface area contributed by atoms with Crippen molar-refractivity contribution in [1.82, 2.24) is 5.32 Å². The molecular weight excluding hydrogens is 338 g/mol. The van der Waals surface area contributed by atoms with Gasteiger partial charge in [0.15, 0.2) is 0 Å². The van der Waals surface area contributed by atoms with Crippen LogP contribution in [0.2, 0.25) is 0 Å². The summed E-state index contributed by atoms with van der Waals surface area (Å²) in [6.07, 6.45) is 11.3. The number of fused-ring (bicyclic) bond motifs is 5. The van der Waals surface area contributed by atoms with E-state index in [4.69, 9.17) is 4.74 Å². The first kappa shape index (κ1) is 17.3. The van der Waals surface area contributed by atoms with Gasteiger partial charge in [-0.2, -0.15) is 0 Å². The molecule has 0 aromatic carbocycles. The Morgan fingerprint density at radius 3 is 2.67 bits per heavy atom. The van der Waals surface area contributed by atoms with E-state index in [1.165, 1.54) is 44.9 Å². The molecule has 0 aromatic rings. The zero-order chi connectivity index (χ0) is 18.6. The molecule has 0 aromatic heterocycles. The minimum atomic E-state index is -0.0807. The van der Waals surface area contributed by atoms with Gasteiger partial charge in [0, 0.05) is 17.8 Å². The van der Waals surface area contributed by atoms with Crippen molar-refractivity contribution in [2.45, 2.75) is 96.0 Å². The number of carbonyl (C=O) groups is 1. The van der Waals surface area contributed by atoms with E-state index in [1.807, 2.05) is 0 Å². The Kier molecular flexibility index (Phi) is 3.39. The lowest BCUT2D eigenvalue weighted by atomic mass is 9.42. The molecular formula is C23H35NO3. The van der Waals surface area contributed by atoms with E-state index < -0.39 is 0 Å². The van der Waals surface area contributed by atoms with Gasteiger partial charge in [0.1, 0.15) is 6.23 Å². The summed E-state index contributed by atoms with van der Waals surface area (Å²) in [5.41, 5.74) is 0.595. The first-order valence-corrected chi connectivity index (χ1v) is 11.5. The molecule has 2 N–H and O–H groups in total. The fourth-order valence-electron chi connectivity index (χ4n) is 9.52. The van der Waals surface area contributed by atoms with Gasteiger partial charge in [0.2, 0.25) is 5.91 Å². The Morgan fingerprint density at radius 2 is 1.81 bits per heavy atom. The summed E-state index contributed by atoms with van der Waals surface area (Å²) < 4.78 is 7.00. The van der Waals surface area contributed by atoms with E-state index in [0.717, 1.165) is 18.8 Å². The van der Waals surface area contributed by atoms with E-state index in [-0.39, 0.29) is 29.3 Å². The van der Waals surface area contributed by atoms with Crippen LogP contribution in [-0.4, -0.2) is 28.9 Å². The normalized spacial score (nSPS) is 61.4. The molecule has 4 aliphatic carbocycles. The monoisotopic (exact) mass is 373 g/mol. The summed E-state index contributed by atoms with van der Waals surface area (Å²) in [5, 5.41) is 13.4. The highest BCUT2D eigenvalue weighted by Gasteiger charge is 2.73. The number of nitrogens with one attached hydrogen (secondary N) is 1. The van der Waals surface area contributed by atoms with Crippen LogP contribution in [0.15, 0.2) is 0 Å². The second-order valence-electron chi connectivity index (χ2n) is 11.4. The summed E-state index contributed by atoms with van der Waals surface area (Å²) >= 11 is 0. The largest absolute Gasteiger partial charge is 0.393 e. The SMILES string of the molecule is C[C@]12CC[C@@H](O)C[C@H]1CC[C@@H]1[C@@H]2CC[C@]2(C)[C@@H]3CC[C@]12O[C@@H]1NC(=O)C[C@@H]31. The molecule has 6 rings (SSSR count). The quantitative estimate of drug-likeness (QED) is 0.682. The number of aliphatic hydroxyl groups excluding tert-OH is 1. The highest BCUT2D eigenvalue weighted by molar-refractivity contribution is 5.79. The maximum atomic E-state index is 12.1. The smallest absolute Gasteiger partial charge is 0.222 e. The standard InChI is InChI=1S/C23H35NO3/c1-21-8-5-14(25)11-13(21)3-4-18-17(21)6-9-22(2)16-7-10-23(18,22)27-20-15(16)12-19(26)24-20/h13-18,20,25H,3-12H2,1-2H3,(H,24,26)/t13-,14-,15+,16-,17+,18-,20+,21+,22-,23+/m1/s1. The van der Waals surface area contributed by atoms with Crippen molar-refractivity contribution < 1.29 is 14.6 Å². The molecule has 4 heteroatoms. The number of rotatable bonds is 0. The first-order chi connectivity index (χ1) is 12.9. The average Bonchev–Trinajstić information content (AvgIpc) is 3.08. The number of ether oxygens (including phenoxy) is 1. The second-order valence-corrected chi connectivity index (χ2v) is 11.4. The molecule has 2 saturated heterocycles. The van der Waals surface area contributed by atoms with E-state index >= 15 is 0 Å². The Morgan fingerprint density at radius 1 is 1.00 bits per heavy atom. The topological polar surface area (TPSA) is 58.6 Å². The van der Waals surface area contributed by atoms with Gasteiger partial charge in [0.25, 0.3) is 0 Å². The zero-order valence-electron chi connectivity index (χ0n) is 16.9. The van der Waals surface area contributed by atoms with Crippen LogP contribution in [0.4, 0.5) is 0 Å². The predicted octanol–water partition coefficient (Wildman–Crippen LogP) is 3.62. The van der Waals surface area contributed by atoms with Gasteiger partial charge in [-0.1, -0.05) is 13.8 Å². The fraction of sp³-hybridized carbons (Fsp3) is 0.957. The Balaban J connectivity index is 1.39. The van der Waals surface area contributed by atoms with Crippen LogP contribution in [0.5, 0.6) is 0 Å². The third-order valence-electron chi connectivity index (χ3n) is 10.8. The third kappa shape index (κ3) is 1.95. The number of hydrogen-bond donors (Lipinski definition) is 2. The van der Waals surface area contributed by atoms with Crippen LogP contribution in [0, 0.1) is 40.4 Å². The van der Waals surface area contributed by atoms with Crippen molar-refractivity contribution in [1.29, 1.82) is 0 Å². The lowest BCUT2D eigenvalue weighted by molar-refractivity contribution is -0.288. The van der Waals surface area contributed by atoms with Crippen LogP contribution >= 0.6 is 0 Å². The first-order valence-electron chi connectivity index (χ1n) is 11.5. The summed E-state index contributed by atoms with van der Waals surface area (Å²) in [4.78, 5) is 12.1. The van der Waals surface area contributed by atoms with Crippen LogP contribution in [-0.2, 0) is 9.53 Å².